The van der Waals surface area contributed by atoms with Crippen LogP contribution in [0.5, 0.6) is 0 Å². The lowest BCUT2D eigenvalue weighted by Gasteiger charge is -2.14. The molecule has 1 heterocycles. The molecule has 94 valence electrons. The summed E-state index contributed by atoms with van der Waals surface area (Å²) in [5.41, 5.74) is 0.244. The predicted molar refractivity (Wildman–Crippen MR) is 68.9 cm³/mol. The van der Waals surface area contributed by atoms with E-state index in [-0.39, 0.29) is 11.7 Å². The Labute approximate surface area is 109 Å². The second kappa shape index (κ2) is 5.10. The van der Waals surface area contributed by atoms with Crippen LogP contribution in [0.25, 0.3) is 0 Å². The van der Waals surface area contributed by atoms with Crippen LogP contribution in [-0.2, 0) is 0 Å². The minimum absolute atomic E-state index is 0.0547. The van der Waals surface area contributed by atoms with E-state index in [0.29, 0.717) is 16.5 Å². The fraction of sp³-hybridized carbons (Fsp3) is 0.167. The van der Waals surface area contributed by atoms with Crippen molar-refractivity contribution in [3.05, 3.63) is 57.5 Å². The molecule has 1 N–H and O–H groups in total. The highest BCUT2D eigenvalue weighted by Gasteiger charge is 2.19. The fourth-order valence-corrected chi connectivity index (χ4v) is 1.86. The zero-order valence-electron chi connectivity index (χ0n) is 9.59. The van der Waals surface area contributed by atoms with Crippen molar-refractivity contribution in [1.29, 1.82) is 0 Å². The summed E-state index contributed by atoms with van der Waals surface area (Å²) in [6.45, 7) is 1.84. The highest BCUT2D eigenvalue weighted by molar-refractivity contribution is 6.33. The summed E-state index contributed by atoms with van der Waals surface area (Å²) in [7, 11) is 0. The number of halogens is 1. The quantitative estimate of drug-likeness (QED) is 0.670. The first-order valence-electron chi connectivity index (χ1n) is 5.32. The maximum Gasteiger partial charge on any atom is 0.293 e. The summed E-state index contributed by atoms with van der Waals surface area (Å²) in [5, 5.41) is 14.2. The third kappa shape index (κ3) is 2.46. The van der Waals surface area contributed by atoms with Gasteiger partial charge in [-0.1, -0.05) is 17.7 Å². The maximum absolute atomic E-state index is 10.9. The number of rotatable bonds is 4. The standard InChI is InChI=1S/C12H11ClN2O3/c1-8(11-6-3-7-18-11)14-12-9(13)4-2-5-10(12)15(16)17/h2-8,14H,1H3. The summed E-state index contributed by atoms with van der Waals surface area (Å²) >= 11 is 5.98. The molecule has 1 atom stereocenters. The van der Waals surface area contributed by atoms with Crippen molar-refractivity contribution in [3.8, 4) is 0 Å². The number of nitro groups is 1. The minimum atomic E-state index is -0.469. The number of benzene rings is 1. The Bertz CT molecular complexity index is 554. The molecule has 18 heavy (non-hydrogen) atoms. The number of nitrogens with one attached hydrogen (secondary N) is 1. The smallest absolute Gasteiger partial charge is 0.293 e. The van der Waals surface area contributed by atoms with Crippen molar-refractivity contribution < 1.29 is 9.34 Å². The van der Waals surface area contributed by atoms with E-state index in [1.165, 1.54) is 6.07 Å². The molecule has 1 unspecified atom stereocenters. The first-order chi connectivity index (χ1) is 8.59. The van der Waals surface area contributed by atoms with Crippen molar-refractivity contribution >= 4 is 23.0 Å². The average molecular weight is 267 g/mol. The van der Waals surface area contributed by atoms with Gasteiger partial charge in [-0.25, -0.2) is 0 Å². The monoisotopic (exact) mass is 266 g/mol. The van der Waals surface area contributed by atoms with E-state index in [4.69, 9.17) is 16.0 Å². The van der Waals surface area contributed by atoms with Crippen molar-refractivity contribution in [2.75, 3.05) is 5.32 Å². The molecular formula is C12H11ClN2O3. The normalized spacial score (nSPS) is 12.1. The Kier molecular flexibility index (Phi) is 3.53. The zero-order valence-corrected chi connectivity index (χ0v) is 10.3. The highest BCUT2D eigenvalue weighted by atomic mass is 35.5. The maximum atomic E-state index is 10.9. The molecule has 0 aliphatic carbocycles. The number of hydrogen-bond acceptors (Lipinski definition) is 4. The molecule has 0 saturated heterocycles. The van der Waals surface area contributed by atoms with Gasteiger partial charge in [0.2, 0.25) is 0 Å². The Morgan fingerprint density at radius 1 is 1.39 bits per heavy atom. The van der Waals surface area contributed by atoms with Crippen molar-refractivity contribution in [3.63, 3.8) is 0 Å². The van der Waals surface area contributed by atoms with Crippen LogP contribution in [0, 0.1) is 10.1 Å². The van der Waals surface area contributed by atoms with Crippen molar-refractivity contribution in [2.45, 2.75) is 13.0 Å². The molecule has 5 nitrogen and oxygen atoms in total. The lowest BCUT2D eigenvalue weighted by atomic mass is 10.2. The van der Waals surface area contributed by atoms with Crippen LogP contribution < -0.4 is 5.32 Å². The molecule has 6 heteroatoms. The molecule has 0 radical (unpaired) electrons. The molecule has 0 saturated carbocycles. The Morgan fingerprint density at radius 3 is 2.78 bits per heavy atom. The van der Waals surface area contributed by atoms with Crippen molar-refractivity contribution in [2.24, 2.45) is 0 Å². The van der Waals surface area contributed by atoms with Crippen LogP contribution in [-0.4, -0.2) is 4.92 Å². The predicted octanol–water partition coefficient (Wildman–Crippen LogP) is 4.01. The van der Waals surface area contributed by atoms with Crippen molar-refractivity contribution in [1.82, 2.24) is 0 Å². The molecule has 0 amide bonds. The van der Waals surface area contributed by atoms with Gasteiger partial charge < -0.3 is 9.73 Å². The van der Waals surface area contributed by atoms with Gasteiger partial charge in [0.1, 0.15) is 11.4 Å². The Morgan fingerprint density at radius 2 is 2.17 bits per heavy atom. The van der Waals surface area contributed by atoms with Gasteiger partial charge in [0.25, 0.3) is 5.69 Å². The molecular weight excluding hydrogens is 256 g/mol. The van der Waals surface area contributed by atoms with E-state index in [0.717, 1.165) is 0 Å². The molecule has 1 aromatic carbocycles. The van der Waals surface area contributed by atoms with Gasteiger partial charge in [0, 0.05) is 6.07 Å². The lowest BCUT2D eigenvalue weighted by Crippen LogP contribution is -2.08. The second-order valence-electron chi connectivity index (χ2n) is 3.77. The number of furan rings is 1. The van der Waals surface area contributed by atoms with Crippen LogP contribution in [0.1, 0.15) is 18.7 Å². The third-order valence-electron chi connectivity index (χ3n) is 2.52. The summed E-state index contributed by atoms with van der Waals surface area (Å²) in [4.78, 5) is 10.5. The number of anilines is 1. The molecule has 2 aromatic rings. The highest BCUT2D eigenvalue weighted by Crippen LogP contribution is 2.34. The Balaban J connectivity index is 2.31. The topological polar surface area (TPSA) is 68.3 Å². The fourth-order valence-electron chi connectivity index (χ4n) is 1.63. The van der Waals surface area contributed by atoms with Crippen LogP contribution in [0.2, 0.25) is 5.02 Å². The molecule has 2 rings (SSSR count). The zero-order chi connectivity index (χ0) is 13.1. The first-order valence-corrected chi connectivity index (χ1v) is 5.70. The van der Waals surface area contributed by atoms with E-state index >= 15 is 0 Å². The molecule has 0 fully saturated rings. The average Bonchev–Trinajstić information content (AvgIpc) is 2.85. The van der Waals surface area contributed by atoms with E-state index in [2.05, 4.69) is 5.32 Å². The Hall–Kier alpha value is -2.01. The van der Waals surface area contributed by atoms with Gasteiger partial charge in [-0.15, -0.1) is 0 Å². The molecule has 0 aliphatic heterocycles. The van der Waals surface area contributed by atoms with Gasteiger partial charge >= 0.3 is 0 Å². The summed E-state index contributed by atoms with van der Waals surface area (Å²) in [6.07, 6.45) is 1.55. The van der Waals surface area contributed by atoms with Crippen LogP contribution in [0.3, 0.4) is 0 Å². The lowest BCUT2D eigenvalue weighted by molar-refractivity contribution is -0.384. The summed E-state index contributed by atoms with van der Waals surface area (Å²) < 4.78 is 5.23. The van der Waals surface area contributed by atoms with E-state index < -0.39 is 4.92 Å². The summed E-state index contributed by atoms with van der Waals surface area (Å²) in [6, 6.07) is 7.89. The summed E-state index contributed by atoms with van der Waals surface area (Å²) in [5.74, 6) is 0.684. The largest absolute Gasteiger partial charge is 0.467 e. The van der Waals surface area contributed by atoms with E-state index in [1.54, 1.807) is 30.5 Å². The molecule has 1 aromatic heterocycles. The number of hydrogen-bond donors (Lipinski definition) is 1. The molecule has 0 spiro atoms. The van der Waals surface area contributed by atoms with Crippen LogP contribution in [0.4, 0.5) is 11.4 Å². The second-order valence-corrected chi connectivity index (χ2v) is 4.18. The van der Waals surface area contributed by atoms with Gasteiger partial charge in [0.05, 0.1) is 22.3 Å². The number of para-hydroxylation sites is 1. The van der Waals surface area contributed by atoms with E-state index in [1.807, 2.05) is 6.92 Å². The van der Waals surface area contributed by atoms with Gasteiger partial charge in [-0.05, 0) is 25.1 Å². The van der Waals surface area contributed by atoms with Gasteiger partial charge in [-0.3, -0.25) is 10.1 Å². The molecule has 0 bridgehead atoms. The minimum Gasteiger partial charge on any atom is -0.467 e. The van der Waals surface area contributed by atoms with E-state index in [9.17, 15) is 10.1 Å². The van der Waals surface area contributed by atoms with Gasteiger partial charge in [0.15, 0.2) is 0 Å². The number of nitrogens with zero attached hydrogens (tertiary/aromatic N) is 1. The third-order valence-corrected chi connectivity index (χ3v) is 2.83. The first kappa shape index (κ1) is 12.4. The SMILES string of the molecule is CC(Nc1c(Cl)cccc1[N+](=O)[O-])c1ccco1. The van der Waals surface area contributed by atoms with Gasteiger partial charge in [-0.2, -0.15) is 0 Å². The van der Waals surface area contributed by atoms with Crippen LogP contribution in [0.15, 0.2) is 41.0 Å². The van der Waals surface area contributed by atoms with Crippen LogP contribution >= 0.6 is 11.6 Å². The molecule has 0 aliphatic rings. The number of nitro benzene ring substituents is 1.